The summed E-state index contributed by atoms with van der Waals surface area (Å²) in [4.78, 5) is 0. The van der Waals surface area contributed by atoms with E-state index in [1.54, 1.807) is 0 Å². The Balaban J connectivity index is 1.35. The van der Waals surface area contributed by atoms with Crippen molar-refractivity contribution in [3.05, 3.63) is 0 Å². The lowest BCUT2D eigenvalue weighted by atomic mass is 9.94. The van der Waals surface area contributed by atoms with Crippen LogP contribution in [0.1, 0.15) is 0 Å². The second-order valence-electron chi connectivity index (χ2n) is 26.3. The van der Waals surface area contributed by atoms with Crippen molar-refractivity contribution in [2.24, 2.45) is 0 Å². The van der Waals surface area contributed by atoms with Gasteiger partial charge in [0, 0.05) is 99.5 Å². The van der Waals surface area contributed by atoms with Crippen molar-refractivity contribution < 1.29 is 253 Å². The third kappa shape index (κ3) is 27.1. The van der Waals surface area contributed by atoms with Gasteiger partial charge in [-0.15, -0.1) is 0 Å². The van der Waals surface area contributed by atoms with Crippen LogP contribution in [0.4, 0.5) is 0 Å². The average molecular weight is 1890 g/mol. The second-order valence-corrected chi connectivity index (χ2v) is 33.9. The molecule has 7 N–H and O–H groups in total. The maximum Gasteiger partial charge on any atom is 0.397 e. The van der Waals surface area contributed by atoms with Gasteiger partial charge in [-0.3, -0.25) is 31.9 Å². The Kier molecular flexibility index (Phi) is 37.7. The highest BCUT2D eigenvalue weighted by Crippen LogP contribution is 2.44. The molecular formula is C56H98O56S7. The molecule has 0 aromatic carbocycles. The van der Waals surface area contributed by atoms with Crippen molar-refractivity contribution in [1.82, 2.24) is 0 Å². The molecule has 35 atom stereocenters. The Morgan fingerprint density at radius 2 is 0.261 bits per heavy atom. The Labute approximate surface area is 683 Å². The Morgan fingerprint density at radius 3 is 0.336 bits per heavy atom. The SMILES string of the molecule is CO[C@@H]1[C@H](OC)[C@H]2O[C@H]3[C@H](OC)[C@@H](OC)C(O[C@H]4[C@H](OC)[C@@H](OC)[C@@H](O[C@H]5[C@H](OC)[C@@H](OC)[C@@H](O[C@H]6[C@H](OC)[C@@H](OC)[C@@H](O[C@H]7[C@H](OC)[C@@H](OC)[C@@H](O[C@H]8[C@@H](OC)[C@H](OC)[C@@H](O[C@@H]1[C@@H](COS(=O)(=O)O)O2)O[C@@H]8COS(=O)(=O)O)O[C@@H]7COS(=O)(=O)O)O[C@@H]6COS(=O)(=O)O)O[C@@H]5COS(=O)(=O)O)O[C@@H]4COS(=O)(=O)O)O[C@@H]3COS(=O)(=O)O. The molecule has 21 saturated heterocycles. The fourth-order valence-corrected chi connectivity index (χ4v) is 16.9. The van der Waals surface area contributed by atoms with Crippen LogP contribution in [-0.2, 0) is 235 Å². The molecule has 0 spiro atoms. The number of methoxy groups -OCH3 is 14. The van der Waals surface area contributed by atoms with Gasteiger partial charge in [0.15, 0.2) is 44.0 Å². The van der Waals surface area contributed by atoms with Crippen molar-refractivity contribution in [2.75, 3.05) is 146 Å². The molecule has 21 fully saturated rings. The molecule has 1 unspecified atom stereocenters. The zero-order valence-corrected chi connectivity index (χ0v) is 70.9. The zero-order valence-electron chi connectivity index (χ0n) is 65.1. The van der Waals surface area contributed by atoms with E-state index in [2.05, 4.69) is 0 Å². The summed E-state index contributed by atoms with van der Waals surface area (Å²) in [6.07, 6.45) is -66.4. The van der Waals surface area contributed by atoms with Crippen molar-refractivity contribution >= 4 is 72.8 Å². The summed E-state index contributed by atoms with van der Waals surface area (Å²) in [6.45, 7) is -9.08. The molecule has 0 aliphatic carbocycles. The molecule has 0 aromatic rings. The van der Waals surface area contributed by atoms with E-state index >= 15 is 0 Å². The van der Waals surface area contributed by atoms with E-state index in [-0.39, 0.29) is 0 Å². The molecule has 700 valence electrons. The first kappa shape index (κ1) is 102. The molecule has 0 amide bonds. The zero-order chi connectivity index (χ0) is 88.4. The first-order chi connectivity index (χ1) is 55.7. The molecule has 21 heterocycles. The molecule has 21 aliphatic rings. The molecule has 0 aromatic heterocycles. The fraction of sp³-hybridized carbons (Fsp3) is 1.00. The smallest absolute Gasteiger partial charge is 0.376 e. The van der Waals surface area contributed by atoms with Gasteiger partial charge in [0.25, 0.3) is 0 Å². The Bertz CT molecular complexity index is 3280. The van der Waals surface area contributed by atoms with E-state index < -0.39 is 334 Å². The Hall–Kier alpha value is -2.03. The molecule has 56 nitrogen and oxygen atoms in total. The first-order valence-electron chi connectivity index (χ1n) is 34.6. The number of rotatable bonds is 35. The summed E-state index contributed by atoms with van der Waals surface area (Å²) < 4.78 is 453. The summed E-state index contributed by atoms with van der Waals surface area (Å²) in [6, 6.07) is 0. The van der Waals surface area contributed by atoms with Crippen LogP contribution in [0.5, 0.6) is 0 Å². The van der Waals surface area contributed by atoms with Gasteiger partial charge in [0.2, 0.25) is 0 Å². The lowest BCUT2D eigenvalue weighted by molar-refractivity contribution is -0.401. The van der Waals surface area contributed by atoms with E-state index in [0.717, 1.165) is 99.5 Å². The average Bonchev–Trinajstić information content (AvgIpc) is 0.798. The lowest BCUT2D eigenvalue weighted by Crippen LogP contribution is -2.69. The number of ether oxygens (including phenoxy) is 28. The first-order valence-corrected chi connectivity index (χ1v) is 44.2. The van der Waals surface area contributed by atoms with Gasteiger partial charge >= 0.3 is 72.8 Å². The van der Waals surface area contributed by atoms with Gasteiger partial charge in [-0.1, -0.05) is 0 Å². The minimum absolute atomic E-state index is 1.04. The molecule has 63 heteroatoms. The molecule has 21 aliphatic heterocycles. The van der Waals surface area contributed by atoms with E-state index in [1.807, 2.05) is 0 Å². The van der Waals surface area contributed by atoms with Crippen molar-refractivity contribution in [3.63, 3.8) is 0 Å². The second kappa shape index (κ2) is 43.9. The van der Waals surface area contributed by atoms with E-state index in [4.69, 9.17) is 162 Å². The van der Waals surface area contributed by atoms with Gasteiger partial charge in [0.05, 0.1) is 46.2 Å². The molecule has 0 radical (unpaired) electrons. The lowest BCUT2D eigenvalue weighted by Gasteiger charge is -2.52. The van der Waals surface area contributed by atoms with Crippen molar-refractivity contribution in [2.45, 2.75) is 215 Å². The van der Waals surface area contributed by atoms with Gasteiger partial charge in [-0.05, 0) is 0 Å². The summed E-state index contributed by atoms with van der Waals surface area (Å²) >= 11 is 0. The van der Waals surface area contributed by atoms with Crippen LogP contribution in [0, 0.1) is 0 Å². The molecule has 21 rings (SSSR count). The maximum atomic E-state index is 12.5. The predicted octanol–water partition coefficient (Wildman–Crippen LogP) is -7.28. The normalized spacial score (nSPS) is 41.0. The van der Waals surface area contributed by atoms with Crippen LogP contribution in [-0.4, -0.2) is 452 Å². The van der Waals surface area contributed by atoms with Crippen molar-refractivity contribution in [3.8, 4) is 0 Å². The van der Waals surface area contributed by atoms with Crippen LogP contribution < -0.4 is 0 Å². The van der Waals surface area contributed by atoms with Crippen LogP contribution in [0.2, 0.25) is 0 Å². The topological polar surface area (TPSA) is 704 Å². The van der Waals surface area contributed by atoms with Crippen LogP contribution in [0.3, 0.4) is 0 Å². The van der Waals surface area contributed by atoms with Crippen LogP contribution >= 0.6 is 0 Å². The largest absolute Gasteiger partial charge is 0.397 e. The maximum absolute atomic E-state index is 12.5. The van der Waals surface area contributed by atoms with Crippen LogP contribution in [0.15, 0.2) is 0 Å². The van der Waals surface area contributed by atoms with E-state index in [0.29, 0.717) is 0 Å². The third-order valence-electron chi connectivity index (χ3n) is 19.7. The summed E-state index contributed by atoms with van der Waals surface area (Å²) in [5, 5.41) is 0. The summed E-state index contributed by atoms with van der Waals surface area (Å²) in [5.74, 6) is 0. The molecular weight excluding hydrogens is 1790 g/mol. The highest BCUT2D eigenvalue weighted by Gasteiger charge is 2.63. The molecule has 0 saturated carbocycles. The number of hydrogen-bond donors (Lipinski definition) is 7. The van der Waals surface area contributed by atoms with Gasteiger partial charge < -0.3 is 133 Å². The van der Waals surface area contributed by atoms with Gasteiger partial charge in [0.1, 0.15) is 171 Å². The van der Waals surface area contributed by atoms with Gasteiger partial charge in [-0.2, -0.15) is 58.9 Å². The summed E-state index contributed by atoms with van der Waals surface area (Å²) in [7, 11) is -23.9. The van der Waals surface area contributed by atoms with Gasteiger partial charge in [-0.25, -0.2) is 29.3 Å². The fourth-order valence-electron chi connectivity index (χ4n) is 14.8. The molecule has 119 heavy (non-hydrogen) atoms. The standard InChI is InChI=1S/C56H98O56S7/c1-78-36-29-22(15-92-113(57,58)59)99-50(43(36)85-8)107-30-23(16-93-114(60,61)62)101-52(45(87-10)37(30)79-2)109-32-25(18-95-116(66,67)68)103-54(47(89-12)39(32)81-4)111-34-27(20-97-118(72,73)74)105-56(49(91-14)41(34)83-6)112-35-28(21-98-119(75,76)77)104-55(48(90-13)42(35)84-7)110-33-26(19-96-117(69,70)71)102-53(46(88-11)40(33)82-5)108-31-24(17-94-115(63,64)65)100-51(106-29)44(86-9)38(31)80-3/h22-56H,15-21H2,1-14H3,(H,57,58,59)(H,60,61,62)(H,63,64,65)(H,66,67,68)(H,69,70,71)(H,72,73,74)(H,75,76,77)/t22-,23-,24-,25-,26-,27-,28-,29-,30-,31-,32-,33-,34-,35-,36-,37+,38+,39+,40+,41+,42+,43+,44-,45+,46-,47-,48-,49-,50-,51-,52-,53-,54?,55-,56-/m1/s1. The highest BCUT2D eigenvalue weighted by molar-refractivity contribution is 7.82. The monoisotopic (exact) mass is 1890 g/mol. The number of hydrogen-bond acceptors (Lipinski definition) is 49. The van der Waals surface area contributed by atoms with E-state index in [1.165, 1.54) is 0 Å². The predicted molar refractivity (Wildman–Crippen MR) is 368 cm³/mol. The minimum Gasteiger partial charge on any atom is -0.376 e. The third-order valence-corrected chi connectivity index (χ3v) is 22.7. The quantitative estimate of drug-likeness (QED) is 0.0290. The van der Waals surface area contributed by atoms with Crippen molar-refractivity contribution in [1.29, 1.82) is 0 Å². The summed E-state index contributed by atoms with van der Waals surface area (Å²) in [5.41, 5.74) is 0. The highest BCUT2D eigenvalue weighted by atomic mass is 32.3. The Morgan fingerprint density at radius 1 is 0.168 bits per heavy atom. The minimum atomic E-state index is -5.50. The molecule has 14 bridgehead atoms. The van der Waals surface area contributed by atoms with Crippen LogP contribution in [0.25, 0.3) is 0 Å². The van der Waals surface area contributed by atoms with E-state index in [9.17, 15) is 90.8 Å².